The minimum atomic E-state index is -0.0517. The third-order valence-electron chi connectivity index (χ3n) is 8.31. The van der Waals surface area contributed by atoms with E-state index in [1.165, 1.54) is 42.2 Å². The summed E-state index contributed by atoms with van der Waals surface area (Å²) in [6.07, 6.45) is 9.46. The van der Waals surface area contributed by atoms with E-state index in [0.717, 1.165) is 38.5 Å². The molecule has 33 heavy (non-hydrogen) atoms. The molecule has 1 unspecified atom stereocenters. The predicted molar refractivity (Wildman–Crippen MR) is 128 cm³/mol. The lowest BCUT2D eigenvalue weighted by molar-refractivity contribution is -0.176. The maximum atomic E-state index is 11.8. The summed E-state index contributed by atoms with van der Waals surface area (Å²) in [5, 5.41) is 0. The smallest absolute Gasteiger partial charge is 0.309 e. The molecule has 1 aliphatic heterocycles. The number of hydrogen-bond donors (Lipinski definition) is 0. The van der Waals surface area contributed by atoms with Crippen molar-refractivity contribution >= 4 is 11.9 Å². The first-order valence-electron chi connectivity index (χ1n) is 12.6. The number of esters is 2. The zero-order valence-electron chi connectivity index (χ0n) is 19.5. The molecule has 2 aromatic rings. The van der Waals surface area contributed by atoms with E-state index in [4.69, 9.17) is 9.47 Å². The molecule has 2 aliphatic carbocycles. The molecular formula is C29H34O4. The Hall–Kier alpha value is -2.62. The molecule has 5 rings (SSSR count). The van der Waals surface area contributed by atoms with Gasteiger partial charge in [-0.2, -0.15) is 0 Å². The molecular weight excluding hydrogens is 412 g/mol. The van der Waals surface area contributed by atoms with Gasteiger partial charge in [0.1, 0.15) is 6.10 Å². The molecule has 0 N–H and O–H groups in total. The van der Waals surface area contributed by atoms with Gasteiger partial charge in [0.25, 0.3) is 0 Å². The van der Waals surface area contributed by atoms with Crippen molar-refractivity contribution < 1.29 is 19.1 Å². The lowest BCUT2D eigenvalue weighted by Gasteiger charge is -2.37. The van der Waals surface area contributed by atoms with Gasteiger partial charge >= 0.3 is 11.9 Å². The molecule has 0 spiro atoms. The van der Waals surface area contributed by atoms with Crippen LogP contribution in [0, 0.1) is 11.8 Å². The highest BCUT2D eigenvalue weighted by Crippen LogP contribution is 2.41. The van der Waals surface area contributed by atoms with Gasteiger partial charge in [-0.05, 0) is 91.4 Å². The van der Waals surface area contributed by atoms with Crippen LogP contribution in [0.1, 0.15) is 80.8 Å². The number of hydrogen-bond acceptors (Lipinski definition) is 4. The Kier molecular flexibility index (Phi) is 6.52. The normalized spacial score (nSPS) is 29.6. The minimum absolute atomic E-state index is 0.0308. The van der Waals surface area contributed by atoms with Crippen LogP contribution >= 0.6 is 0 Å². The lowest BCUT2D eigenvalue weighted by Crippen LogP contribution is -2.40. The molecule has 0 radical (unpaired) electrons. The fourth-order valence-corrected chi connectivity index (χ4v) is 6.14. The Bertz CT molecular complexity index is 954. The zero-order chi connectivity index (χ0) is 22.8. The Balaban J connectivity index is 1.15. The highest BCUT2D eigenvalue weighted by molar-refractivity contribution is 5.75. The van der Waals surface area contributed by atoms with Gasteiger partial charge in [0.2, 0.25) is 0 Å². The molecule has 0 amide bonds. The molecule has 4 nitrogen and oxygen atoms in total. The van der Waals surface area contributed by atoms with Crippen molar-refractivity contribution in [2.24, 2.45) is 11.8 Å². The molecule has 2 saturated carbocycles. The van der Waals surface area contributed by atoms with Crippen LogP contribution in [0.15, 0.2) is 48.5 Å². The van der Waals surface area contributed by atoms with Crippen LogP contribution in [0.5, 0.6) is 0 Å². The number of carbonyl (C=O) groups is 2. The molecule has 3 aliphatic rings. The monoisotopic (exact) mass is 446 g/mol. The van der Waals surface area contributed by atoms with Crippen LogP contribution < -0.4 is 0 Å². The third-order valence-corrected chi connectivity index (χ3v) is 8.31. The summed E-state index contributed by atoms with van der Waals surface area (Å²) < 4.78 is 10.2. The van der Waals surface area contributed by atoms with Crippen LogP contribution in [-0.2, 0) is 19.1 Å². The second-order valence-corrected chi connectivity index (χ2v) is 10.2. The summed E-state index contributed by atoms with van der Waals surface area (Å²) in [6.45, 7) is 0. The van der Waals surface area contributed by atoms with Crippen molar-refractivity contribution in [2.75, 3.05) is 7.11 Å². The van der Waals surface area contributed by atoms with Crippen molar-refractivity contribution in [1.82, 2.24) is 0 Å². The van der Waals surface area contributed by atoms with E-state index < -0.39 is 0 Å². The predicted octanol–water partition coefficient (Wildman–Crippen LogP) is 6.39. The van der Waals surface area contributed by atoms with E-state index in [0.29, 0.717) is 24.2 Å². The fourth-order valence-electron chi connectivity index (χ4n) is 6.14. The Morgan fingerprint density at radius 3 is 1.64 bits per heavy atom. The first-order valence-corrected chi connectivity index (χ1v) is 12.6. The topological polar surface area (TPSA) is 52.6 Å². The quantitative estimate of drug-likeness (QED) is 0.499. The third kappa shape index (κ3) is 4.85. The molecule has 2 aromatic carbocycles. The summed E-state index contributed by atoms with van der Waals surface area (Å²) in [5.74, 6) is 1.72. The van der Waals surface area contributed by atoms with Crippen molar-refractivity contribution in [3.05, 3.63) is 59.7 Å². The van der Waals surface area contributed by atoms with Crippen LogP contribution in [0.25, 0.3) is 11.1 Å². The van der Waals surface area contributed by atoms with Crippen LogP contribution in [0.4, 0.5) is 0 Å². The van der Waals surface area contributed by atoms with Gasteiger partial charge in [0, 0.05) is 0 Å². The Morgan fingerprint density at radius 2 is 1.21 bits per heavy atom. The molecule has 4 heteroatoms. The van der Waals surface area contributed by atoms with Gasteiger partial charge in [0.15, 0.2) is 0 Å². The molecule has 1 heterocycles. The van der Waals surface area contributed by atoms with Gasteiger partial charge in [-0.15, -0.1) is 0 Å². The van der Waals surface area contributed by atoms with E-state index in [1.807, 2.05) is 0 Å². The van der Waals surface area contributed by atoms with Gasteiger partial charge in [-0.25, -0.2) is 0 Å². The summed E-state index contributed by atoms with van der Waals surface area (Å²) in [4.78, 5) is 22.9. The van der Waals surface area contributed by atoms with Gasteiger partial charge < -0.3 is 9.47 Å². The molecule has 0 aromatic heterocycles. The zero-order valence-corrected chi connectivity index (χ0v) is 19.5. The van der Waals surface area contributed by atoms with Gasteiger partial charge in [-0.3, -0.25) is 9.59 Å². The number of rotatable bonds is 5. The molecule has 3 fully saturated rings. The van der Waals surface area contributed by atoms with Crippen molar-refractivity contribution in [1.29, 1.82) is 0 Å². The van der Waals surface area contributed by atoms with E-state index in [1.54, 1.807) is 0 Å². The summed E-state index contributed by atoms with van der Waals surface area (Å²) in [5.41, 5.74) is 5.33. The minimum Gasteiger partial charge on any atom is -0.469 e. The Morgan fingerprint density at radius 1 is 0.758 bits per heavy atom. The molecule has 1 atom stereocenters. The van der Waals surface area contributed by atoms with Crippen LogP contribution in [0.3, 0.4) is 0 Å². The average molecular weight is 447 g/mol. The van der Waals surface area contributed by atoms with Gasteiger partial charge in [0.05, 0.1) is 19.4 Å². The summed E-state index contributed by atoms with van der Waals surface area (Å²) in [7, 11) is 1.49. The van der Waals surface area contributed by atoms with Crippen molar-refractivity contribution in [3.63, 3.8) is 0 Å². The molecule has 0 bridgehead atoms. The highest BCUT2D eigenvalue weighted by Gasteiger charge is 2.37. The van der Waals surface area contributed by atoms with Crippen LogP contribution in [0.2, 0.25) is 0 Å². The highest BCUT2D eigenvalue weighted by atomic mass is 16.6. The Labute approximate surface area is 196 Å². The van der Waals surface area contributed by atoms with Crippen molar-refractivity contribution in [3.8, 4) is 11.1 Å². The fraction of sp³-hybridized carbons (Fsp3) is 0.517. The van der Waals surface area contributed by atoms with Crippen LogP contribution in [-0.4, -0.2) is 25.2 Å². The average Bonchev–Trinajstić information content (AvgIpc) is 2.87. The van der Waals surface area contributed by atoms with E-state index in [2.05, 4.69) is 48.5 Å². The number of methoxy groups -OCH3 is 1. The first kappa shape index (κ1) is 22.2. The largest absolute Gasteiger partial charge is 0.469 e. The molecule has 1 saturated heterocycles. The second kappa shape index (κ2) is 9.70. The summed E-state index contributed by atoms with van der Waals surface area (Å²) >= 11 is 0. The van der Waals surface area contributed by atoms with E-state index in [9.17, 15) is 9.59 Å². The summed E-state index contributed by atoms with van der Waals surface area (Å²) in [6, 6.07) is 18.1. The number of carbonyl (C=O) groups excluding carboxylic acids is 2. The SMILES string of the molecule is COC(=O)C1CCC(c2ccc(-c3ccc(C4CCC(C5CC(=O)O5)CC4)cc3)cc2)CC1. The maximum absolute atomic E-state index is 11.8. The van der Waals surface area contributed by atoms with Crippen molar-refractivity contribution in [2.45, 2.75) is 75.7 Å². The number of ether oxygens (including phenoxy) is 2. The molecule has 174 valence electrons. The number of cyclic esters (lactones) is 1. The van der Waals surface area contributed by atoms with Gasteiger partial charge in [-0.1, -0.05) is 48.5 Å². The lowest BCUT2D eigenvalue weighted by atomic mass is 9.75. The first-order chi connectivity index (χ1) is 16.1. The second-order valence-electron chi connectivity index (χ2n) is 10.2. The van der Waals surface area contributed by atoms with E-state index in [-0.39, 0.29) is 24.0 Å². The van der Waals surface area contributed by atoms with E-state index >= 15 is 0 Å². The maximum Gasteiger partial charge on any atom is 0.309 e. The number of benzene rings is 2. The standard InChI is InChI=1S/C29H34O4/c1-32-29(31)26-16-12-24(13-17-26)22-8-4-20(5-9-22)19-2-6-21(7-3-19)23-10-14-25(15-11-23)27-18-28(30)33-27/h2-9,23-27H,10-18H2,1H3.